The fourth-order valence-electron chi connectivity index (χ4n) is 4.73. The summed E-state index contributed by atoms with van der Waals surface area (Å²) in [5.74, 6) is -0.0448. The molecular formula is C30H42O3. The van der Waals surface area contributed by atoms with Crippen molar-refractivity contribution in [3.8, 4) is 0 Å². The van der Waals surface area contributed by atoms with E-state index in [0.29, 0.717) is 0 Å². The summed E-state index contributed by atoms with van der Waals surface area (Å²) >= 11 is 0. The van der Waals surface area contributed by atoms with E-state index in [4.69, 9.17) is 14.8 Å². The zero-order chi connectivity index (χ0) is 25.1. The fraction of sp³-hybridized carbons (Fsp3) is 0.467. The minimum atomic E-state index is -0.781. The van der Waals surface area contributed by atoms with E-state index in [1.54, 1.807) is 0 Å². The van der Waals surface area contributed by atoms with Crippen molar-refractivity contribution < 1.29 is 14.8 Å². The van der Waals surface area contributed by atoms with Gasteiger partial charge in [0, 0.05) is 11.8 Å². The van der Waals surface area contributed by atoms with Gasteiger partial charge >= 0.3 is 0 Å². The van der Waals surface area contributed by atoms with Crippen LogP contribution >= 0.6 is 0 Å². The predicted molar refractivity (Wildman–Crippen MR) is 138 cm³/mol. The minimum Gasteiger partial charge on any atom is -0.194 e. The van der Waals surface area contributed by atoms with Crippen LogP contribution in [0.4, 0.5) is 0 Å². The average molecular weight is 451 g/mol. The standard InChI is InChI=1S/C30H42O3/c1-13-23(7)29(11,27-21(5)17-15-19(3)25(27)9)31-33-32-30(12,24(8)14-2)28-22(6)18-16-20(4)26(28)10/h13-18,23-24H,1-2H2,3-12H3. The Labute approximate surface area is 201 Å². The van der Waals surface area contributed by atoms with Gasteiger partial charge in [0.15, 0.2) is 0 Å². The van der Waals surface area contributed by atoms with Crippen molar-refractivity contribution in [3.05, 3.63) is 94.1 Å². The van der Waals surface area contributed by atoms with Crippen LogP contribution in [0.2, 0.25) is 0 Å². The molecule has 0 saturated heterocycles. The first-order valence-corrected chi connectivity index (χ1v) is 11.8. The second-order valence-electron chi connectivity index (χ2n) is 9.90. The molecule has 0 aliphatic carbocycles. The molecule has 0 spiro atoms. The van der Waals surface area contributed by atoms with E-state index in [1.807, 2.05) is 26.0 Å². The van der Waals surface area contributed by atoms with Gasteiger partial charge in [-0.1, -0.05) is 55.3 Å². The predicted octanol–water partition coefficient (Wildman–Crippen LogP) is 8.19. The van der Waals surface area contributed by atoms with Gasteiger partial charge in [-0.05, 0) is 99.9 Å². The van der Waals surface area contributed by atoms with Gasteiger partial charge in [-0.15, -0.1) is 13.2 Å². The Balaban J connectivity index is 2.50. The molecule has 3 nitrogen and oxygen atoms in total. The van der Waals surface area contributed by atoms with E-state index < -0.39 is 11.2 Å². The zero-order valence-electron chi connectivity index (χ0n) is 22.3. The molecule has 0 N–H and O–H groups in total. The number of aryl methyl sites for hydroxylation is 4. The first-order chi connectivity index (χ1) is 15.3. The summed E-state index contributed by atoms with van der Waals surface area (Å²) in [6.07, 6.45) is 3.79. The molecule has 33 heavy (non-hydrogen) atoms. The van der Waals surface area contributed by atoms with Gasteiger partial charge in [0.05, 0.1) is 0 Å². The van der Waals surface area contributed by atoms with E-state index in [0.717, 1.165) is 22.3 Å². The molecule has 0 heterocycles. The lowest BCUT2D eigenvalue weighted by Gasteiger charge is -2.39. The molecule has 0 bridgehead atoms. The quantitative estimate of drug-likeness (QED) is 0.207. The highest BCUT2D eigenvalue weighted by Gasteiger charge is 2.41. The summed E-state index contributed by atoms with van der Waals surface area (Å²) in [5.41, 5.74) is 7.70. The maximum atomic E-state index is 6.18. The third kappa shape index (κ3) is 5.01. The summed E-state index contributed by atoms with van der Waals surface area (Å²) in [6, 6.07) is 8.52. The van der Waals surface area contributed by atoms with Crippen molar-refractivity contribution >= 4 is 0 Å². The highest BCUT2D eigenvalue weighted by atomic mass is 17.5. The smallest absolute Gasteiger partial charge is 0.135 e. The molecule has 0 aliphatic rings. The molecule has 180 valence electrons. The Bertz CT molecular complexity index is 940. The van der Waals surface area contributed by atoms with Crippen LogP contribution in [0.3, 0.4) is 0 Å². The molecule has 4 unspecified atom stereocenters. The molecule has 2 aromatic carbocycles. The van der Waals surface area contributed by atoms with Crippen LogP contribution in [0.15, 0.2) is 49.6 Å². The van der Waals surface area contributed by atoms with Crippen LogP contribution < -0.4 is 0 Å². The third-order valence-electron chi connectivity index (χ3n) is 7.74. The second kappa shape index (κ2) is 10.4. The van der Waals surface area contributed by atoms with E-state index in [2.05, 4.69) is 92.8 Å². The molecule has 3 heteroatoms. The third-order valence-corrected chi connectivity index (χ3v) is 7.74. The van der Waals surface area contributed by atoms with Gasteiger partial charge < -0.3 is 0 Å². The van der Waals surface area contributed by atoms with Crippen LogP contribution in [-0.2, 0) is 26.0 Å². The molecule has 0 amide bonds. The topological polar surface area (TPSA) is 27.7 Å². The maximum absolute atomic E-state index is 6.18. The van der Waals surface area contributed by atoms with E-state index >= 15 is 0 Å². The van der Waals surface area contributed by atoms with Crippen LogP contribution in [0.25, 0.3) is 0 Å². The van der Waals surface area contributed by atoms with E-state index in [1.165, 1.54) is 22.3 Å². The zero-order valence-corrected chi connectivity index (χ0v) is 22.3. The van der Waals surface area contributed by atoms with Crippen molar-refractivity contribution in [3.63, 3.8) is 0 Å². The van der Waals surface area contributed by atoms with Gasteiger partial charge in [0.25, 0.3) is 0 Å². The van der Waals surface area contributed by atoms with Gasteiger partial charge in [0.2, 0.25) is 0 Å². The molecule has 0 radical (unpaired) electrons. The first kappa shape index (κ1) is 27.0. The summed E-state index contributed by atoms with van der Waals surface area (Å²) in [4.78, 5) is 12.4. The molecule has 0 fully saturated rings. The largest absolute Gasteiger partial charge is 0.194 e. The Morgan fingerprint density at radius 2 is 0.939 bits per heavy atom. The SMILES string of the molecule is C=CC(C)C(C)(OOOC(C)(c1c(C)ccc(C)c1C)C(C)C=C)c1c(C)ccc(C)c1C. The molecule has 2 rings (SSSR count). The number of hydrogen-bond acceptors (Lipinski definition) is 3. The van der Waals surface area contributed by atoms with Gasteiger partial charge in [0.1, 0.15) is 11.2 Å². The van der Waals surface area contributed by atoms with E-state index in [9.17, 15) is 0 Å². The van der Waals surface area contributed by atoms with Crippen molar-refractivity contribution in [2.24, 2.45) is 11.8 Å². The minimum absolute atomic E-state index is 0.0224. The van der Waals surface area contributed by atoms with Crippen molar-refractivity contribution in [2.75, 3.05) is 0 Å². The average Bonchev–Trinajstić information content (AvgIpc) is 2.78. The summed E-state index contributed by atoms with van der Waals surface area (Å²) < 4.78 is 0. The Hall–Kier alpha value is -2.20. The van der Waals surface area contributed by atoms with Crippen LogP contribution in [0.1, 0.15) is 72.2 Å². The van der Waals surface area contributed by atoms with Crippen molar-refractivity contribution in [1.82, 2.24) is 0 Å². The van der Waals surface area contributed by atoms with E-state index in [-0.39, 0.29) is 11.8 Å². The van der Waals surface area contributed by atoms with Crippen molar-refractivity contribution in [2.45, 2.75) is 80.4 Å². The molecule has 0 saturated carbocycles. The number of hydrogen-bond donors (Lipinski definition) is 0. The highest BCUT2D eigenvalue weighted by Crippen LogP contribution is 2.42. The monoisotopic (exact) mass is 450 g/mol. The summed E-state index contributed by atoms with van der Waals surface area (Å²) in [5, 5.41) is 5.72. The summed E-state index contributed by atoms with van der Waals surface area (Å²) in [7, 11) is 0. The Kier molecular flexibility index (Phi) is 8.51. The molecule has 0 aromatic heterocycles. The number of benzene rings is 2. The normalized spacial score (nSPS) is 17.0. The molecule has 4 atom stereocenters. The lowest BCUT2D eigenvalue weighted by Crippen LogP contribution is -2.39. The second-order valence-corrected chi connectivity index (χ2v) is 9.90. The molecule has 2 aromatic rings. The first-order valence-electron chi connectivity index (χ1n) is 11.8. The van der Waals surface area contributed by atoms with Gasteiger partial charge in [-0.25, -0.2) is 0 Å². The molecular weight excluding hydrogens is 408 g/mol. The molecule has 0 aliphatic heterocycles. The van der Waals surface area contributed by atoms with Crippen molar-refractivity contribution in [1.29, 1.82) is 0 Å². The number of rotatable bonds is 10. The Morgan fingerprint density at radius 3 is 1.24 bits per heavy atom. The lowest BCUT2D eigenvalue weighted by molar-refractivity contribution is -0.579. The highest BCUT2D eigenvalue weighted by molar-refractivity contribution is 5.44. The van der Waals surface area contributed by atoms with Gasteiger partial charge in [-0.3, -0.25) is 0 Å². The van der Waals surface area contributed by atoms with Crippen LogP contribution in [-0.4, -0.2) is 0 Å². The van der Waals surface area contributed by atoms with Gasteiger partial charge in [-0.2, -0.15) is 9.78 Å². The lowest BCUT2D eigenvalue weighted by atomic mass is 9.78. The van der Waals surface area contributed by atoms with Crippen LogP contribution in [0.5, 0.6) is 0 Å². The van der Waals surface area contributed by atoms with Crippen LogP contribution in [0, 0.1) is 53.4 Å². The Morgan fingerprint density at radius 1 is 0.636 bits per heavy atom. The summed E-state index contributed by atoms with van der Waals surface area (Å²) in [6.45, 7) is 29.0. The maximum Gasteiger partial charge on any atom is 0.135 e. The fourth-order valence-corrected chi connectivity index (χ4v) is 4.73.